The highest BCUT2D eigenvalue weighted by Gasteiger charge is 2.15. The Balaban J connectivity index is 2.96. The molecule has 16 heavy (non-hydrogen) atoms. The highest BCUT2D eigenvalue weighted by Crippen LogP contribution is 2.29. The second-order valence-corrected chi connectivity index (χ2v) is 3.44. The number of benzene rings is 1. The Morgan fingerprint density at radius 1 is 1.50 bits per heavy atom. The van der Waals surface area contributed by atoms with Gasteiger partial charge in [-0.2, -0.15) is 0 Å². The predicted molar refractivity (Wildman–Crippen MR) is 58.3 cm³/mol. The van der Waals surface area contributed by atoms with Gasteiger partial charge in [0.05, 0.1) is 25.2 Å². The molecule has 1 aromatic rings. The van der Waals surface area contributed by atoms with Crippen LogP contribution < -0.4 is 4.74 Å². The van der Waals surface area contributed by atoms with Gasteiger partial charge < -0.3 is 9.47 Å². The summed E-state index contributed by atoms with van der Waals surface area (Å²) in [5.74, 6) is -1.10. The Morgan fingerprint density at radius 3 is 2.75 bits per heavy atom. The molecule has 0 heterocycles. The highest BCUT2D eigenvalue weighted by atomic mass is 35.5. The van der Waals surface area contributed by atoms with Gasteiger partial charge in [-0.1, -0.05) is 17.7 Å². The minimum Gasteiger partial charge on any atom is -0.493 e. The van der Waals surface area contributed by atoms with Crippen molar-refractivity contribution in [2.75, 3.05) is 13.7 Å². The van der Waals surface area contributed by atoms with E-state index in [1.807, 2.05) is 0 Å². The average molecular weight is 247 g/mol. The lowest BCUT2D eigenvalue weighted by Gasteiger charge is -2.09. The first-order valence-corrected chi connectivity index (χ1v) is 5.14. The zero-order valence-electron chi connectivity index (χ0n) is 9.05. The van der Waals surface area contributed by atoms with Crippen LogP contribution in [0.5, 0.6) is 5.75 Å². The van der Waals surface area contributed by atoms with Crippen LogP contribution in [0.1, 0.15) is 12.5 Å². The molecule has 0 aliphatic heterocycles. The molecule has 0 unspecified atom stereocenters. The van der Waals surface area contributed by atoms with E-state index in [1.54, 1.807) is 13.0 Å². The molecule has 1 rings (SSSR count). The van der Waals surface area contributed by atoms with Crippen molar-refractivity contribution in [2.24, 2.45) is 0 Å². The molecule has 0 spiro atoms. The van der Waals surface area contributed by atoms with Crippen LogP contribution in [0.25, 0.3) is 0 Å². The number of carbonyl (C=O) groups is 1. The van der Waals surface area contributed by atoms with E-state index in [0.29, 0.717) is 5.56 Å². The molecule has 0 fully saturated rings. The quantitative estimate of drug-likeness (QED) is 0.766. The molecule has 0 saturated heterocycles. The molecule has 0 aliphatic carbocycles. The van der Waals surface area contributed by atoms with Crippen molar-refractivity contribution in [3.63, 3.8) is 0 Å². The van der Waals surface area contributed by atoms with Crippen LogP contribution in [-0.2, 0) is 16.0 Å². The molecule has 0 aliphatic rings. The van der Waals surface area contributed by atoms with Crippen LogP contribution in [0.4, 0.5) is 4.39 Å². The molecule has 88 valence electrons. The molecule has 3 nitrogen and oxygen atoms in total. The van der Waals surface area contributed by atoms with Crippen LogP contribution >= 0.6 is 11.6 Å². The van der Waals surface area contributed by atoms with Crippen molar-refractivity contribution in [3.05, 3.63) is 28.5 Å². The van der Waals surface area contributed by atoms with Gasteiger partial charge in [-0.05, 0) is 13.0 Å². The molecule has 1 aromatic carbocycles. The lowest BCUT2D eigenvalue weighted by atomic mass is 10.1. The van der Waals surface area contributed by atoms with E-state index >= 15 is 0 Å². The van der Waals surface area contributed by atoms with Crippen molar-refractivity contribution in [2.45, 2.75) is 13.3 Å². The number of halogens is 2. The SMILES string of the molecule is CCOC(=O)Cc1ccc(Cl)c(F)c1OC. The summed E-state index contributed by atoms with van der Waals surface area (Å²) in [4.78, 5) is 11.2. The van der Waals surface area contributed by atoms with Crippen LogP contribution in [-0.4, -0.2) is 19.7 Å². The van der Waals surface area contributed by atoms with Gasteiger partial charge in [-0.25, -0.2) is 4.39 Å². The van der Waals surface area contributed by atoms with E-state index in [0.717, 1.165) is 0 Å². The van der Waals surface area contributed by atoms with E-state index in [1.165, 1.54) is 13.2 Å². The van der Waals surface area contributed by atoms with Crippen LogP contribution in [0, 0.1) is 5.82 Å². The molecular weight excluding hydrogens is 235 g/mol. The standard InChI is InChI=1S/C11H12ClFO3/c1-3-16-9(14)6-7-4-5-8(12)10(13)11(7)15-2/h4-5H,3,6H2,1-2H3. The molecule has 5 heteroatoms. The van der Waals surface area contributed by atoms with E-state index in [9.17, 15) is 9.18 Å². The number of carbonyl (C=O) groups excluding carboxylic acids is 1. The van der Waals surface area contributed by atoms with Crippen LogP contribution in [0.2, 0.25) is 5.02 Å². The molecule has 0 N–H and O–H groups in total. The van der Waals surface area contributed by atoms with E-state index in [2.05, 4.69) is 0 Å². The van der Waals surface area contributed by atoms with Gasteiger partial charge in [0, 0.05) is 5.56 Å². The number of hydrogen-bond acceptors (Lipinski definition) is 3. The van der Waals surface area contributed by atoms with Crippen molar-refractivity contribution < 1.29 is 18.7 Å². The summed E-state index contributed by atoms with van der Waals surface area (Å²) in [7, 11) is 1.32. The van der Waals surface area contributed by atoms with Crippen LogP contribution in [0.3, 0.4) is 0 Å². The first-order chi connectivity index (χ1) is 7.60. The minimum atomic E-state index is -0.661. The van der Waals surface area contributed by atoms with Crippen molar-refractivity contribution >= 4 is 17.6 Å². The smallest absolute Gasteiger partial charge is 0.310 e. The van der Waals surface area contributed by atoms with Gasteiger partial charge in [-0.3, -0.25) is 4.79 Å². The molecule has 0 bridgehead atoms. The van der Waals surface area contributed by atoms with E-state index < -0.39 is 11.8 Å². The average Bonchev–Trinajstić information content (AvgIpc) is 2.24. The fourth-order valence-electron chi connectivity index (χ4n) is 1.30. The monoisotopic (exact) mass is 246 g/mol. The molecule has 0 radical (unpaired) electrons. The third kappa shape index (κ3) is 2.85. The van der Waals surface area contributed by atoms with Gasteiger partial charge in [0.1, 0.15) is 0 Å². The third-order valence-electron chi connectivity index (χ3n) is 1.98. The maximum Gasteiger partial charge on any atom is 0.310 e. The lowest BCUT2D eigenvalue weighted by Crippen LogP contribution is -2.09. The van der Waals surface area contributed by atoms with E-state index in [4.69, 9.17) is 21.1 Å². The number of methoxy groups -OCH3 is 1. The summed E-state index contributed by atoms with van der Waals surface area (Å²) in [5, 5.41) is -0.0375. The largest absolute Gasteiger partial charge is 0.493 e. The lowest BCUT2D eigenvalue weighted by molar-refractivity contribution is -0.142. The summed E-state index contributed by atoms with van der Waals surface area (Å²) < 4.78 is 23.1. The Kier molecular flexibility index (Phi) is 4.55. The second kappa shape index (κ2) is 5.70. The Bertz CT molecular complexity index is 393. The summed E-state index contributed by atoms with van der Waals surface area (Å²) in [6.07, 6.45) is -0.0366. The summed E-state index contributed by atoms with van der Waals surface area (Å²) in [6.45, 7) is 1.99. The fraction of sp³-hybridized carbons (Fsp3) is 0.364. The van der Waals surface area contributed by atoms with Crippen molar-refractivity contribution in [3.8, 4) is 5.75 Å². The fourth-order valence-corrected chi connectivity index (χ4v) is 1.45. The zero-order chi connectivity index (χ0) is 12.1. The summed E-state index contributed by atoms with van der Waals surface area (Å²) in [5.41, 5.74) is 0.419. The maximum atomic E-state index is 13.5. The number of rotatable bonds is 4. The van der Waals surface area contributed by atoms with Crippen molar-refractivity contribution in [1.82, 2.24) is 0 Å². The predicted octanol–water partition coefficient (Wildman–Crippen LogP) is 2.59. The Morgan fingerprint density at radius 2 is 2.19 bits per heavy atom. The van der Waals surface area contributed by atoms with Gasteiger partial charge >= 0.3 is 5.97 Å². The van der Waals surface area contributed by atoms with Crippen LogP contribution in [0.15, 0.2) is 12.1 Å². The summed E-state index contributed by atoms with van der Waals surface area (Å²) >= 11 is 5.59. The Labute approximate surface area is 98.1 Å². The highest BCUT2D eigenvalue weighted by molar-refractivity contribution is 6.30. The molecule has 0 amide bonds. The zero-order valence-corrected chi connectivity index (χ0v) is 9.81. The first-order valence-electron chi connectivity index (χ1n) is 4.76. The first kappa shape index (κ1) is 12.8. The molecule has 0 atom stereocenters. The molecule has 0 aromatic heterocycles. The normalized spacial score (nSPS) is 10.0. The van der Waals surface area contributed by atoms with Gasteiger partial charge in [0.15, 0.2) is 11.6 Å². The third-order valence-corrected chi connectivity index (χ3v) is 2.27. The van der Waals surface area contributed by atoms with Gasteiger partial charge in [0.25, 0.3) is 0 Å². The van der Waals surface area contributed by atoms with Gasteiger partial charge in [0.2, 0.25) is 0 Å². The Hall–Kier alpha value is -1.29. The summed E-state index contributed by atoms with van der Waals surface area (Å²) in [6, 6.07) is 2.93. The van der Waals surface area contributed by atoms with E-state index in [-0.39, 0.29) is 23.8 Å². The number of esters is 1. The van der Waals surface area contributed by atoms with Gasteiger partial charge in [-0.15, -0.1) is 0 Å². The number of ether oxygens (including phenoxy) is 2. The topological polar surface area (TPSA) is 35.5 Å². The second-order valence-electron chi connectivity index (χ2n) is 3.04. The number of hydrogen-bond donors (Lipinski definition) is 0. The van der Waals surface area contributed by atoms with Crippen molar-refractivity contribution in [1.29, 1.82) is 0 Å². The molecular formula is C11H12ClFO3. The maximum absolute atomic E-state index is 13.5. The minimum absolute atomic E-state index is 0.0134. The molecule has 0 saturated carbocycles.